The molecule has 3 rings (SSSR count). The SMILES string of the molecule is OC1CCCCCC1NC1CCc2ccccc21. The Kier molecular flexibility index (Phi) is 3.67. The van der Waals surface area contributed by atoms with E-state index < -0.39 is 0 Å². The summed E-state index contributed by atoms with van der Waals surface area (Å²) < 4.78 is 0. The highest BCUT2D eigenvalue weighted by molar-refractivity contribution is 5.34. The van der Waals surface area contributed by atoms with Gasteiger partial charge in [0.2, 0.25) is 0 Å². The molecule has 0 aromatic heterocycles. The summed E-state index contributed by atoms with van der Waals surface area (Å²) >= 11 is 0. The minimum atomic E-state index is -0.153. The summed E-state index contributed by atoms with van der Waals surface area (Å²) in [6, 6.07) is 9.48. The zero-order chi connectivity index (χ0) is 12.4. The molecule has 2 aliphatic rings. The van der Waals surface area contributed by atoms with E-state index in [1.807, 2.05) is 0 Å². The standard InChI is InChI=1S/C16H23NO/c18-16-9-3-1-2-8-15(16)17-14-11-10-12-6-4-5-7-13(12)14/h4-7,14-18H,1-3,8-11H2. The summed E-state index contributed by atoms with van der Waals surface area (Å²) in [5.41, 5.74) is 2.94. The molecule has 3 unspecified atom stereocenters. The van der Waals surface area contributed by atoms with Gasteiger partial charge >= 0.3 is 0 Å². The van der Waals surface area contributed by atoms with E-state index in [2.05, 4.69) is 29.6 Å². The van der Waals surface area contributed by atoms with Crippen LogP contribution in [-0.4, -0.2) is 17.3 Å². The minimum absolute atomic E-state index is 0.153. The van der Waals surface area contributed by atoms with Crippen LogP contribution in [0.5, 0.6) is 0 Å². The predicted octanol–water partition coefficient (Wildman–Crippen LogP) is 2.96. The number of rotatable bonds is 2. The van der Waals surface area contributed by atoms with Crippen LogP contribution in [0, 0.1) is 0 Å². The third kappa shape index (κ3) is 2.45. The van der Waals surface area contributed by atoms with Crippen molar-refractivity contribution in [2.45, 2.75) is 63.1 Å². The van der Waals surface area contributed by atoms with E-state index in [1.54, 1.807) is 0 Å². The summed E-state index contributed by atoms with van der Waals surface area (Å²) in [6.45, 7) is 0. The zero-order valence-corrected chi connectivity index (χ0v) is 10.9. The average Bonchev–Trinajstić information content (AvgIpc) is 2.69. The van der Waals surface area contributed by atoms with Gasteiger partial charge in [0.05, 0.1) is 6.10 Å². The first-order valence-electron chi connectivity index (χ1n) is 7.36. The number of fused-ring (bicyclic) bond motifs is 1. The van der Waals surface area contributed by atoms with Gasteiger partial charge in [-0.2, -0.15) is 0 Å². The molecule has 1 fully saturated rings. The summed E-state index contributed by atoms with van der Waals surface area (Å²) in [5.74, 6) is 0. The van der Waals surface area contributed by atoms with Crippen LogP contribution in [0.1, 0.15) is 55.7 Å². The van der Waals surface area contributed by atoms with E-state index in [0.717, 1.165) is 12.8 Å². The van der Waals surface area contributed by atoms with Gasteiger partial charge in [-0.05, 0) is 36.8 Å². The molecule has 3 atom stereocenters. The first kappa shape index (κ1) is 12.2. The Labute approximate surface area is 109 Å². The Morgan fingerprint density at radius 2 is 1.83 bits per heavy atom. The lowest BCUT2D eigenvalue weighted by Gasteiger charge is -2.26. The molecule has 2 N–H and O–H groups in total. The lowest BCUT2D eigenvalue weighted by molar-refractivity contribution is 0.113. The van der Waals surface area contributed by atoms with Crippen LogP contribution in [0.3, 0.4) is 0 Å². The van der Waals surface area contributed by atoms with Crippen molar-refractivity contribution in [3.8, 4) is 0 Å². The molecule has 1 aromatic rings. The average molecular weight is 245 g/mol. The van der Waals surface area contributed by atoms with Crippen LogP contribution in [0.2, 0.25) is 0 Å². The second kappa shape index (κ2) is 5.41. The highest BCUT2D eigenvalue weighted by Gasteiger charge is 2.28. The van der Waals surface area contributed by atoms with Crippen molar-refractivity contribution in [2.24, 2.45) is 0 Å². The molecule has 0 amide bonds. The topological polar surface area (TPSA) is 32.3 Å². The van der Waals surface area contributed by atoms with E-state index in [-0.39, 0.29) is 6.10 Å². The van der Waals surface area contributed by atoms with Crippen molar-refractivity contribution in [3.05, 3.63) is 35.4 Å². The Balaban J connectivity index is 1.70. The van der Waals surface area contributed by atoms with Crippen molar-refractivity contribution in [1.82, 2.24) is 5.32 Å². The van der Waals surface area contributed by atoms with Gasteiger partial charge < -0.3 is 10.4 Å². The molecule has 0 saturated heterocycles. The molecule has 18 heavy (non-hydrogen) atoms. The van der Waals surface area contributed by atoms with Crippen LogP contribution in [0.15, 0.2) is 24.3 Å². The maximum Gasteiger partial charge on any atom is 0.0693 e. The number of benzene rings is 1. The number of nitrogens with one attached hydrogen (secondary N) is 1. The van der Waals surface area contributed by atoms with Crippen molar-refractivity contribution in [2.75, 3.05) is 0 Å². The minimum Gasteiger partial charge on any atom is -0.392 e. The van der Waals surface area contributed by atoms with E-state index in [4.69, 9.17) is 0 Å². The quantitative estimate of drug-likeness (QED) is 0.785. The lowest BCUT2D eigenvalue weighted by Crippen LogP contribution is -2.40. The normalized spacial score (nSPS) is 31.9. The van der Waals surface area contributed by atoms with Crippen LogP contribution >= 0.6 is 0 Å². The number of aliphatic hydroxyl groups is 1. The monoisotopic (exact) mass is 245 g/mol. The molecule has 0 bridgehead atoms. The fraction of sp³-hybridized carbons (Fsp3) is 0.625. The molecule has 2 heteroatoms. The van der Waals surface area contributed by atoms with Gasteiger partial charge in [-0.25, -0.2) is 0 Å². The van der Waals surface area contributed by atoms with Crippen molar-refractivity contribution in [3.63, 3.8) is 0 Å². The molecule has 0 aliphatic heterocycles. The van der Waals surface area contributed by atoms with Crippen LogP contribution in [0.4, 0.5) is 0 Å². The molecule has 0 radical (unpaired) electrons. The summed E-state index contributed by atoms with van der Waals surface area (Å²) in [5, 5.41) is 13.9. The van der Waals surface area contributed by atoms with E-state index in [1.165, 1.54) is 43.2 Å². The van der Waals surface area contributed by atoms with Gasteiger partial charge in [0.15, 0.2) is 0 Å². The molecular formula is C16H23NO. The van der Waals surface area contributed by atoms with Crippen molar-refractivity contribution in [1.29, 1.82) is 0 Å². The van der Waals surface area contributed by atoms with Crippen LogP contribution in [-0.2, 0) is 6.42 Å². The maximum atomic E-state index is 10.2. The molecule has 98 valence electrons. The fourth-order valence-corrected chi connectivity index (χ4v) is 3.47. The molecular weight excluding hydrogens is 222 g/mol. The lowest BCUT2D eigenvalue weighted by atomic mass is 10.0. The van der Waals surface area contributed by atoms with Gasteiger partial charge in [-0.15, -0.1) is 0 Å². The molecule has 0 spiro atoms. The molecule has 1 aromatic carbocycles. The van der Waals surface area contributed by atoms with Crippen molar-refractivity contribution >= 4 is 0 Å². The summed E-state index contributed by atoms with van der Waals surface area (Å²) in [4.78, 5) is 0. The predicted molar refractivity (Wildman–Crippen MR) is 73.5 cm³/mol. The van der Waals surface area contributed by atoms with Crippen molar-refractivity contribution < 1.29 is 5.11 Å². The Morgan fingerprint density at radius 3 is 2.78 bits per heavy atom. The van der Waals surface area contributed by atoms with Gasteiger partial charge in [0.25, 0.3) is 0 Å². The first-order valence-corrected chi connectivity index (χ1v) is 7.36. The Morgan fingerprint density at radius 1 is 1.00 bits per heavy atom. The Bertz CT molecular complexity index is 404. The van der Waals surface area contributed by atoms with Gasteiger partial charge in [-0.3, -0.25) is 0 Å². The second-order valence-electron chi connectivity index (χ2n) is 5.77. The maximum absolute atomic E-state index is 10.2. The number of aryl methyl sites for hydroxylation is 1. The number of aliphatic hydroxyl groups excluding tert-OH is 1. The smallest absolute Gasteiger partial charge is 0.0693 e. The van der Waals surface area contributed by atoms with Crippen LogP contribution < -0.4 is 5.32 Å². The fourth-order valence-electron chi connectivity index (χ4n) is 3.47. The summed E-state index contributed by atoms with van der Waals surface area (Å²) in [7, 11) is 0. The third-order valence-corrected chi connectivity index (χ3v) is 4.53. The Hall–Kier alpha value is -0.860. The largest absolute Gasteiger partial charge is 0.392 e. The molecule has 2 nitrogen and oxygen atoms in total. The number of hydrogen-bond donors (Lipinski definition) is 2. The first-order chi connectivity index (χ1) is 8.84. The van der Waals surface area contributed by atoms with Gasteiger partial charge in [0.1, 0.15) is 0 Å². The van der Waals surface area contributed by atoms with Gasteiger partial charge in [0, 0.05) is 12.1 Å². The zero-order valence-electron chi connectivity index (χ0n) is 10.9. The molecule has 2 aliphatic carbocycles. The summed E-state index contributed by atoms with van der Waals surface area (Å²) in [6.07, 6.45) is 8.01. The highest BCUT2D eigenvalue weighted by atomic mass is 16.3. The van der Waals surface area contributed by atoms with Crippen LogP contribution in [0.25, 0.3) is 0 Å². The van der Waals surface area contributed by atoms with E-state index >= 15 is 0 Å². The third-order valence-electron chi connectivity index (χ3n) is 4.53. The molecule has 1 saturated carbocycles. The molecule has 0 heterocycles. The number of hydrogen-bond acceptors (Lipinski definition) is 2. The van der Waals surface area contributed by atoms with E-state index in [0.29, 0.717) is 12.1 Å². The van der Waals surface area contributed by atoms with E-state index in [9.17, 15) is 5.11 Å². The highest BCUT2D eigenvalue weighted by Crippen LogP contribution is 2.32. The van der Waals surface area contributed by atoms with Gasteiger partial charge in [-0.1, -0.05) is 43.5 Å². The second-order valence-corrected chi connectivity index (χ2v) is 5.77.